The predicted octanol–water partition coefficient (Wildman–Crippen LogP) is 3.49. The van der Waals surface area contributed by atoms with Crippen LogP contribution in [0.2, 0.25) is 0 Å². The van der Waals surface area contributed by atoms with Gasteiger partial charge in [-0.15, -0.1) is 5.10 Å². The molecule has 3 aromatic rings. The number of benzene rings is 2. The Morgan fingerprint density at radius 2 is 1.93 bits per heavy atom. The smallest absolute Gasteiger partial charge is 0.231 e. The van der Waals surface area contributed by atoms with Crippen LogP contribution in [-0.2, 0) is 9.59 Å². The third kappa shape index (κ3) is 3.78. The molecule has 1 saturated heterocycles. The lowest BCUT2D eigenvalue weighted by Crippen LogP contribution is -2.28. The first kappa shape index (κ1) is 19.7. The largest absolute Gasteiger partial charge is 0.495 e. The Bertz CT molecular complexity index is 1090. The molecule has 2 aromatic carbocycles. The molecule has 154 valence electrons. The molecule has 1 aliphatic heterocycles. The number of nitrogens with one attached hydrogen (secondary N) is 1. The van der Waals surface area contributed by atoms with E-state index in [0.717, 1.165) is 16.8 Å². The molecule has 0 radical (unpaired) electrons. The van der Waals surface area contributed by atoms with Gasteiger partial charge in [0.2, 0.25) is 11.8 Å². The van der Waals surface area contributed by atoms with Crippen LogP contribution in [0.4, 0.5) is 11.5 Å². The van der Waals surface area contributed by atoms with Crippen LogP contribution >= 0.6 is 0 Å². The van der Waals surface area contributed by atoms with E-state index in [1.54, 1.807) is 16.7 Å². The Balaban J connectivity index is 1.50. The molecule has 1 unspecified atom stereocenters. The average molecular weight is 404 g/mol. The summed E-state index contributed by atoms with van der Waals surface area (Å²) in [5.41, 5.74) is 3.49. The molecule has 1 aliphatic rings. The number of aryl methyl sites for hydroxylation is 2. The molecule has 30 heavy (non-hydrogen) atoms. The van der Waals surface area contributed by atoms with E-state index in [-0.39, 0.29) is 18.2 Å². The van der Waals surface area contributed by atoms with Crippen LogP contribution in [0.1, 0.15) is 17.5 Å². The molecule has 1 N–H and O–H groups in total. The number of hydrogen-bond acceptors (Lipinski definition) is 4. The topological polar surface area (TPSA) is 76.5 Å². The molecule has 1 atom stereocenters. The zero-order chi connectivity index (χ0) is 21.3. The van der Waals surface area contributed by atoms with Crippen LogP contribution in [0.25, 0.3) is 5.69 Å². The van der Waals surface area contributed by atoms with Crippen molar-refractivity contribution in [2.45, 2.75) is 20.3 Å². The van der Waals surface area contributed by atoms with Crippen molar-refractivity contribution in [2.75, 3.05) is 23.9 Å². The van der Waals surface area contributed by atoms with Gasteiger partial charge in [0.25, 0.3) is 0 Å². The number of carbonyl (C=O) groups excluding carboxylic acids is 2. The van der Waals surface area contributed by atoms with E-state index in [1.807, 2.05) is 68.6 Å². The highest BCUT2D eigenvalue weighted by Gasteiger charge is 2.36. The van der Waals surface area contributed by atoms with Gasteiger partial charge in [-0.1, -0.05) is 24.3 Å². The first-order valence-corrected chi connectivity index (χ1v) is 9.84. The number of anilines is 2. The van der Waals surface area contributed by atoms with E-state index >= 15 is 0 Å². The standard InChI is InChI=1S/C23H24N4O3/c1-15-9-10-20(30-3)19(11-15)26-14-17(12-21(26)28)23(29)24-22-16(2)13-27(25-22)18-7-5-4-6-8-18/h4-11,13,17H,12,14H2,1-3H3,(H,24,25,29). The summed E-state index contributed by atoms with van der Waals surface area (Å²) >= 11 is 0. The van der Waals surface area contributed by atoms with Gasteiger partial charge in [0.1, 0.15) is 5.75 Å². The van der Waals surface area contributed by atoms with Crippen molar-refractivity contribution in [3.63, 3.8) is 0 Å². The summed E-state index contributed by atoms with van der Waals surface area (Å²) < 4.78 is 7.14. The monoisotopic (exact) mass is 404 g/mol. The van der Waals surface area contributed by atoms with Crippen LogP contribution < -0.4 is 15.0 Å². The lowest BCUT2D eigenvalue weighted by atomic mass is 10.1. The second-order valence-electron chi connectivity index (χ2n) is 7.51. The van der Waals surface area contributed by atoms with E-state index in [2.05, 4.69) is 10.4 Å². The molecule has 0 aliphatic carbocycles. The highest BCUT2D eigenvalue weighted by Crippen LogP contribution is 2.34. The van der Waals surface area contributed by atoms with E-state index in [0.29, 0.717) is 23.8 Å². The summed E-state index contributed by atoms with van der Waals surface area (Å²) in [6.45, 7) is 4.16. The van der Waals surface area contributed by atoms with Crippen LogP contribution in [0.3, 0.4) is 0 Å². The summed E-state index contributed by atoms with van der Waals surface area (Å²) in [7, 11) is 1.57. The van der Waals surface area contributed by atoms with E-state index in [1.165, 1.54) is 0 Å². The quantitative estimate of drug-likeness (QED) is 0.706. The van der Waals surface area contributed by atoms with Crippen LogP contribution in [0.15, 0.2) is 54.7 Å². The average Bonchev–Trinajstić information content (AvgIpc) is 3.31. The minimum atomic E-state index is -0.455. The zero-order valence-corrected chi connectivity index (χ0v) is 17.3. The highest BCUT2D eigenvalue weighted by atomic mass is 16.5. The first-order chi connectivity index (χ1) is 14.5. The van der Waals surface area contributed by atoms with Gasteiger partial charge in [-0.25, -0.2) is 4.68 Å². The number of methoxy groups -OCH3 is 1. The van der Waals surface area contributed by atoms with Gasteiger partial charge in [-0.05, 0) is 43.7 Å². The maximum Gasteiger partial charge on any atom is 0.231 e. The molecule has 7 nitrogen and oxygen atoms in total. The summed E-state index contributed by atoms with van der Waals surface area (Å²) in [5.74, 6) is 0.365. The summed E-state index contributed by atoms with van der Waals surface area (Å²) in [6, 6.07) is 15.4. The second kappa shape index (κ2) is 8.02. The number of amides is 2. The maximum absolute atomic E-state index is 12.9. The van der Waals surface area contributed by atoms with Crippen molar-refractivity contribution in [2.24, 2.45) is 5.92 Å². The Labute approximate surface area is 175 Å². The maximum atomic E-state index is 12.9. The third-order valence-electron chi connectivity index (χ3n) is 5.28. The normalized spacial score (nSPS) is 16.0. The van der Waals surface area contributed by atoms with Gasteiger partial charge >= 0.3 is 0 Å². The van der Waals surface area contributed by atoms with Gasteiger partial charge in [0, 0.05) is 24.7 Å². The van der Waals surface area contributed by atoms with Gasteiger partial charge in [-0.3, -0.25) is 9.59 Å². The molecule has 0 spiro atoms. The molecular formula is C23H24N4O3. The number of rotatable bonds is 5. The molecule has 2 amide bonds. The highest BCUT2D eigenvalue weighted by molar-refractivity contribution is 6.04. The van der Waals surface area contributed by atoms with E-state index in [4.69, 9.17) is 4.74 Å². The Hall–Kier alpha value is -3.61. The minimum absolute atomic E-state index is 0.0920. The number of aromatic nitrogens is 2. The lowest BCUT2D eigenvalue weighted by Gasteiger charge is -2.20. The number of nitrogens with zero attached hydrogens (tertiary/aromatic N) is 3. The number of ether oxygens (including phenoxy) is 1. The summed E-state index contributed by atoms with van der Waals surface area (Å²) in [6.07, 6.45) is 2.02. The van der Waals surface area contributed by atoms with Crippen LogP contribution in [0, 0.1) is 19.8 Å². The number of carbonyl (C=O) groups is 2. The van der Waals surface area contributed by atoms with Crippen molar-refractivity contribution in [3.8, 4) is 11.4 Å². The summed E-state index contributed by atoms with van der Waals surface area (Å²) in [4.78, 5) is 27.2. The molecule has 1 aromatic heterocycles. The Morgan fingerprint density at radius 1 is 1.17 bits per heavy atom. The van der Waals surface area contributed by atoms with E-state index in [9.17, 15) is 9.59 Å². The van der Waals surface area contributed by atoms with Crippen molar-refractivity contribution in [1.82, 2.24) is 9.78 Å². The molecule has 7 heteroatoms. The fourth-order valence-corrected chi connectivity index (χ4v) is 3.64. The minimum Gasteiger partial charge on any atom is -0.495 e. The van der Waals surface area contributed by atoms with Crippen molar-refractivity contribution in [3.05, 3.63) is 65.9 Å². The Morgan fingerprint density at radius 3 is 2.67 bits per heavy atom. The Kier molecular flexibility index (Phi) is 5.27. The summed E-state index contributed by atoms with van der Waals surface area (Å²) in [5, 5.41) is 7.39. The molecular weight excluding hydrogens is 380 g/mol. The third-order valence-corrected chi connectivity index (χ3v) is 5.28. The first-order valence-electron chi connectivity index (χ1n) is 9.84. The van der Waals surface area contributed by atoms with Gasteiger partial charge in [-0.2, -0.15) is 0 Å². The zero-order valence-electron chi connectivity index (χ0n) is 17.3. The second-order valence-corrected chi connectivity index (χ2v) is 7.51. The fraction of sp³-hybridized carbons (Fsp3) is 0.261. The van der Waals surface area contributed by atoms with Crippen molar-refractivity contribution < 1.29 is 14.3 Å². The number of para-hydroxylation sites is 1. The van der Waals surface area contributed by atoms with Gasteiger partial charge in [0.15, 0.2) is 5.82 Å². The SMILES string of the molecule is COc1ccc(C)cc1N1CC(C(=O)Nc2nn(-c3ccccc3)cc2C)CC1=O. The van der Waals surface area contributed by atoms with Crippen molar-refractivity contribution in [1.29, 1.82) is 0 Å². The van der Waals surface area contributed by atoms with Gasteiger partial charge < -0.3 is 15.0 Å². The molecule has 0 bridgehead atoms. The molecule has 2 heterocycles. The van der Waals surface area contributed by atoms with Crippen molar-refractivity contribution >= 4 is 23.3 Å². The lowest BCUT2D eigenvalue weighted by molar-refractivity contribution is -0.122. The van der Waals surface area contributed by atoms with E-state index < -0.39 is 5.92 Å². The molecule has 0 saturated carbocycles. The predicted molar refractivity (Wildman–Crippen MR) is 115 cm³/mol. The van der Waals surface area contributed by atoms with Gasteiger partial charge in [0.05, 0.1) is 24.4 Å². The van der Waals surface area contributed by atoms with Crippen LogP contribution in [0.5, 0.6) is 5.75 Å². The fourth-order valence-electron chi connectivity index (χ4n) is 3.64. The number of hydrogen-bond donors (Lipinski definition) is 1. The molecule has 4 rings (SSSR count). The van der Waals surface area contributed by atoms with Crippen LogP contribution in [-0.4, -0.2) is 35.2 Å². The molecule has 1 fully saturated rings.